The number of carbonyl (C=O) groups is 2. The first-order chi connectivity index (χ1) is 34.7. The van der Waals surface area contributed by atoms with Gasteiger partial charge in [0, 0.05) is 67.2 Å². The molecule has 2 amide bonds. The monoisotopic (exact) mass is 1000 g/mol. The number of rotatable bonds is 10. The first-order valence-corrected chi connectivity index (χ1v) is 25.6. The number of piperidine rings is 3. The van der Waals surface area contributed by atoms with Gasteiger partial charge >= 0.3 is 0 Å². The lowest BCUT2D eigenvalue weighted by Crippen LogP contribution is -2.57. The van der Waals surface area contributed by atoms with E-state index in [-0.39, 0.29) is 60.6 Å². The van der Waals surface area contributed by atoms with Gasteiger partial charge in [0.2, 0.25) is 29.5 Å². The number of carbonyl (C=O) groups excluding carboxylic acids is 2. The van der Waals surface area contributed by atoms with Crippen LogP contribution in [0.25, 0.3) is 22.4 Å². The van der Waals surface area contributed by atoms with E-state index >= 15 is 4.39 Å². The summed E-state index contributed by atoms with van der Waals surface area (Å²) < 4.78 is 66.5. The molecule has 3 saturated heterocycles. The second kappa shape index (κ2) is 17.5. The summed E-state index contributed by atoms with van der Waals surface area (Å²) in [7, 11) is 1.78. The van der Waals surface area contributed by atoms with Gasteiger partial charge in [-0.05, 0) is 107 Å². The van der Waals surface area contributed by atoms with Crippen LogP contribution in [0.1, 0.15) is 116 Å². The fraction of sp³-hybridized carbons (Fsp3) is 0.510. The Morgan fingerprint density at radius 2 is 1.71 bits per heavy atom. The van der Waals surface area contributed by atoms with Gasteiger partial charge in [0.05, 0.1) is 58.9 Å². The van der Waals surface area contributed by atoms with Crippen LogP contribution in [0.2, 0.25) is 0 Å². The largest absolute Gasteiger partial charge is 0.477 e. The van der Waals surface area contributed by atoms with Crippen molar-refractivity contribution < 1.29 is 36.8 Å². The maximum atomic E-state index is 16.0. The summed E-state index contributed by atoms with van der Waals surface area (Å²) in [6, 6.07) is 7.18. The number of nitrogens with zero attached hydrogens (tertiary/aromatic N) is 10. The minimum atomic E-state index is -2.82. The number of nitrogen functional groups attached to an aromatic ring is 1. The van der Waals surface area contributed by atoms with E-state index < -0.39 is 28.6 Å². The number of hydrogen-bond donors (Lipinski definition) is 2. The number of amides is 2. The molecule has 3 aliphatic carbocycles. The molecule has 1 saturated carbocycles. The molecule has 8 heterocycles. The maximum absolute atomic E-state index is 16.0. The van der Waals surface area contributed by atoms with E-state index in [0.29, 0.717) is 77.0 Å². The van der Waals surface area contributed by atoms with Gasteiger partial charge in [-0.2, -0.15) is 20.3 Å². The number of ether oxygens (including phenoxy) is 2. The Labute approximate surface area is 416 Å². The smallest absolute Gasteiger partial charge is 0.249 e. The van der Waals surface area contributed by atoms with E-state index in [1.54, 1.807) is 11.7 Å². The second-order valence-electron chi connectivity index (χ2n) is 21.0. The number of halogens is 3. The molecule has 21 heteroatoms. The Morgan fingerprint density at radius 3 is 2.44 bits per heavy atom. The molecular formula is C51H53F3N12O5S. The van der Waals surface area contributed by atoms with E-state index in [0.717, 1.165) is 92.4 Å². The average molecular weight is 1000 g/mol. The number of alkyl halides is 2. The number of aryl methyl sites for hydroxylation is 2. The van der Waals surface area contributed by atoms with Crippen LogP contribution in [0.4, 0.5) is 23.9 Å². The molecule has 374 valence electrons. The van der Waals surface area contributed by atoms with Crippen LogP contribution in [0.5, 0.6) is 17.5 Å². The summed E-state index contributed by atoms with van der Waals surface area (Å²) in [6.45, 7) is 3.24. The Balaban J connectivity index is 0.741. The second-order valence-corrected chi connectivity index (χ2v) is 22.2. The molecule has 2 spiro atoms. The van der Waals surface area contributed by atoms with Gasteiger partial charge in [-0.3, -0.25) is 19.6 Å². The highest BCUT2D eigenvalue weighted by molar-refractivity contribution is 7.16. The summed E-state index contributed by atoms with van der Waals surface area (Å²) in [5.74, 6) is -3.06. The van der Waals surface area contributed by atoms with Gasteiger partial charge in [0.1, 0.15) is 23.2 Å². The van der Waals surface area contributed by atoms with E-state index in [4.69, 9.17) is 29.7 Å². The van der Waals surface area contributed by atoms with Crippen molar-refractivity contribution in [2.45, 2.75) is 107 Å². The number of anilines is 2. The van der Waals surface area contributed by atoms with Crippen molar-refractivity contribution in [1.82, 2.24) is 45.1 Å². The third kappa shape index (κ3) is 8.10. The highest BCUT2D eigenvalue weighted by atomic mass is 32.1. The number of imide groups is 1. The Hall–Kier alpha value is -6.66. The van der Waals surface area contributed by atoms with Crippen LogP contribution in [0, 0.1) is 28.0 Å². The van der Waals surface area contributed by atoms with Crippen LogP contribution < -0.4 is 25.4 Å². The number of fused-ring (bicyclic) bond motifs is 5. The predicted molar refractivity (Wildman–Crippen MR) is 257 cm³/mol. The number of nitrogens with two attached hydrogens (primary N) is 1. The van der Waals surface area contributed by atoms with Crippen LogP contribution >= 0.6 is 11.3 Å². The average Bonchev–Trinajstić information content (AvgIpc) is 4.04. The molecule has 6 aliphatic rings. The molecular weight excluding hydrogens is 950 g/mol. The zero-order valence-corrected chi connectivity index (χ0v) is 40.6. The Kier molecular flexibility index (Phi) is 11.3. The molecule has 4 fully saturated rings. The normalized spacial score (nSPS) is 23.3. The van der Waals surface area contributed by atoms with E-state index in [9.17, 15) is 23.6 Å². The van der Waals surface area contributed by atoms with Gasteiger partial charge in [-0.25, -0.2) is 23.1 Å². The molecule has 12 rings (SSSR count). The van der Waals surface area contributed by atoms with Crippen LogP contribution in [0.15, 0.2) is 41.4 Å². The van der Waals surface area contributed by atoms with Crippen LogP contribution in [0.3, 0.4) is 0 Å². The maximum Gasteiger partial charge on any atom is 0.249 e. The molecule has 0 bridgehead atoms. The zero-order chi connectivity index (χ0) is 49.6. The van der Waals surface area contributed by atoms with Crippen molar-refractivity contribution in [1.29, 1.82) is 5.26 Å². The topological polar surface area (TPSA) is 216 Å². The highest BCUT2D eigenvalue weighted by Gasteiger charge is 2.58. The number of hydrogen-bond acceptors (Lipinski definition) is 16. The number of thiophene rings is 1. The summed E-state index contributed by atoms with van der Waals surface area (Å²) in [6.07, 6.45) is 12.6. The molecule has 1 unspecified atom stereocenters. The molecule has 72 heavy (non-hydrogen) atoms. The molecule has 5 aromatic heterocycles. The summed E-state index contributed by atoms with van der Waals surface area (Å²) >= 11 is 1.47. The number of nitriles is 1. The zero-order valence-electron chi connectivity index (χ0n) is 39.8. The van der Waals surface area contributed by atoms with E-state index in [1.165, 1.54) is 42.2 Å². The number of likely N-dealkylation sites (tertiary alicyclic amines) is 1. The molecule has 3 aliphatic heterocycles. The molecule has 1 aromatic carbocycles. The highest BCUT2D eigenvalue weighted by Crippen LogP contribution is 2.56. The van der Waals surface area contributed by atoms with Gasteiger partial charge in [0.25, 0.3) is 0 Å². The van der Waals surface area contributed by atoms with Gasteiger partial charge in [-0.1, -0.05) is 5.16 Å². The van der Waals surface area contributed by atoms with Crippen molar-refractivity contribution in [2.75, 3.05) is 50.0 Å². The number of benzene rings is 1. The quantitative estimate of drug-likeness (QED) is 0.125. The predicted octanol–water partition coefficient (Wildman–Crippen LogP) is 7.91. The van der Waals surface area contributed by atoms with Gasteiger partial charge in [0.15, 0.2) is 23.0 Å². The molecule has 0 radical (unpaired) electrons. The lowest BCUT2D eigenvalue weighted by molar-refractivity contribution is -0.182. The number of aromatic nitrogens is 7. The molecule has 6 aromatic rings. The van der Waals surface area contributed by atoms with Gasteiger partial charge in [-0.15, -0.1) is 11.3 Å². The van der Waals surface area contributed by atoms with Crippen molar-refractivity contribution in [3.63, 3.8) is 0 Å². The number of nitrogens with one attached hydrogen (secondary N) is 1. The lowest BCUT2D eigenvalue weighted by atomic mass is 9.63. The fourth-order valence-corrected chi connectivity index (χ4v) is 14.1. The third-order valence-corrected chi connectivity index (χ3v) is 17.5. The standard InChI is InChI=1S/C51H53F3N12O5S/c1-64-35-19-36(34(52)18-32(35)42(62-64)31-6-7-38(67)59-47(31)68)66-16-12-48(13-17-66)10-14-65(15-11-48)26-49(24-51(53,54)25-49)27-69-39-20-40(70-29-22-57-28-58-23-29)61-46(60-39)43-30-4-2-8-50(44(30)71-63-43)9-3-5-37-41(50)33(21-55)45(56)72-37/h18-20,22-23,28,31H,2-17,24-27,56H2,1H3,(H,59,67,68)/t31?,50-/m0/s1. The Morgan fingerprint density at radius 1 is 0.972 bits per heavy atom. The first kappa shape index (κ1) is 46.4. The molecule has 3 N–H and O–H groups in total. The Bertz CT molecular complexity index is 3160. The SMILES string of the molecule is Cn1nc(C2CCC(=O)NC2=O)c2cc(F)c(N3CCC4(CCN(CC5(COc6cc(Oc7cncnc7)nc(-c7noc8c7CCC[C@@]87CCCc8sc(N)c(C#N)c87)n6)CC(F)(F)C5)CC4)CC3)cc21. The van der Waals surface area contributed by atoms with Crippen molar-refractivity contribution in [2.24, 2.45) is 17.9 Å². The first-order valence-electron chi connectivity index (χ1n) is 24.8. The lowest BCUT2D eigenvalue weighted by Gasteiger charge is -2.52. The third-order valence-electron chi connectivity index (χ3n) is 16.5. The molecule has 17 nitrogen and oxygen atoms in total. The van der Waals surface area contributed by atoms with Crippen LogP contribution in [-0.2, 0) is 34.9 Å². The summed E-state index contributed by atoms with van der Waals surface area (Å²) in [4.78, 5) is 47.7. The van der Waals surface area contributed by atoms with Crippen LogP contribution in [-0.4, -0.2) is 96.8 Å². The minimum Gasteiger partial charge on any atom is -0.477 e. The van der Waals surface area contributed by atoms with Crippen molar-refractivity contribution in [3.8, 4) is 35.1 Å². The van der Waals surface area contributed by atoms with E-state index in [1.807, 2.05) is 6.07 Å². The summed E-state index contributed by atoms with van der Waals surface area (Å²) in [5.41, 5.74) is 9.46. The summed E-state index contributed by atoms with van der Waals surface area (Å²) in [5, 5.41) is 22.9. The van der Waals surface area contributed by atoms with Gasteiger partial charge < -0.3 is 29.5 Å². The molecule has 2 atom stereocenters. The van der Waals surface area contributed by atoms with E-state index in [2.05, 4.69) is 41.4 Å². The minimum absolute atomic E-state index is 0.00947. The fourth-order valence-electron chi connectivity index (χ4n) is 13.0. The van der Waals surface area contributed by atoms with Crippen molar-refractivity contribution in [3.05, 3.63) is 75.8 Å². The van der Waals surface area contributed by atoms with Crippen molar-refractivity contribution >= 4 is 44.7 Å².